The Morgan fingerprint density at radius 2 is 1.82 bits per heavy atom. The molecule has 3 heterocycles. The SMILES string of the molecule is Cc1ccc(C(=O)c2c(-c3ccc(Cl)cc3)c3c4n(c(COc5ccccc5F)nn24)CCCC3)cc1C. The molecule has 0 aliphatic carbocycles. The molecule has 5 aromatic rings. The molecule has 0 saturated carbocycles. The van der Waals surface area contributed by atoms with Gasteiger partial charge in [-0.3, -0.25) is 4.79 Å². The van der Waals surface area contributed by atoms with Crippen LogP contribution < -0.4 is 4.74 Å². The Balaban J connectivity index is 1.55. The van der Waals surface area contributed by atoms with Crippen molar-refractivity contribution in [3.8, 4) is 16.9 Å². The lowest BCUT2D eigenvalue weighted by molar-refractivity contribution is 0.103. The van der Waals surface area contributed by atoms with Gasteiger partial charge in [0.15, 0.2) is 17.4 Å². The summed E-state index contributed by atoms with van der Waals surface area (Å²) >= 11 is 6.21. The van der Waals surface area contributed by atoms with E-state index in [1.54, 1.807) is 22.7 Å². The van der Waals surface area contributed by atoms with E-state index in [0.29, 0.717) is 22.1 Å². The Labute approximate surface area is 225 Å². The van der Waals surface area contributed by atoms with Crippen molar-refractivity contribution in [1.82, 2.24) is 14.2 Å². The zero-order valence-corrected chi connectivity index (χ0v) is 22.1. The minimum Gasteiger partial charge on any atom is -0.483 e. The Morgan fingerprint density at radius 3 is 2.58 bits per heavy atom. The van der Waals surface area contributed by atoms with E-state index >= 15 is 0 Å². The molecule has 3 aromatic carbocycles. The van der Waals surface area contributed by atoms with E-state index in [1.165, 1.54) is 6.07 Å². The average molecular weight is 528 g/mol. The number of carbonyl (C=O) groups excluding carboxylic acids is 1. The van der Waals surface area contributed by atoms with Crippen molar-refractivity contribution in [2.45, 2.75) is 46.3 Å². The Bertz CT molecular complexity index is 1680. The third kappa shape index (κ3) is 4.19. The molecule has 7 heteroatoms. The average Bonchev–Trinajstić information content (AvgIpc) is 3.31. The van der Waals surface area contributed by atoms with Gasteiger partial charge < -0.3 is 9.30 Å². The monoisotopic (exact) mass is 527 g/mol. The first-order valence-electron chi connectivity index (χ1n) is 12.8. The van der Waals surface area contributed by atoms with Crippen LogP contribution in [0.4, 0.5) is 4.39 Å². The zero-order chi connectivity index (χ0) is 26.4. The summed E-state index contributed by atoms with van der Waals surface area (Å²) in [6, 6.07) is 19.8. The normalized spacial score (nSPS) is 13.1. The van der Waals surface area contributed by atoms with Crippen LogP contribution >= 0.6 is 11.6 Å². The summed E-state index contributed by atoms with van der Waals surface area (Å²) in [6.45, 7) is 4.88. The van der Waals surface area contributed by atoms with Crippen LogP contribution in [-0.2, 0) is 19.6 Å². The third-order valence-corrected chi connectivity index (χ3v) is 7.62. The fourth-order valence-corrected chi connectivity index (χ4v) is 5.40. The van der Waals surface area contributed by atoms with Crippen LogP contribution in [0, 0.1) is 19.7 Å². The van der Waals surface area contributed by atoms with Crippen molar-refractivity contribution in [2.75, 3.05) is 0 Å². The largest absolute Gasteiger partial charge is 0.483 e. The van der Waals surface area contributed by atoms with Gasteiger partial charge in [-0.25, -0.2) is 8.91 Å². The Morgan fingerprint density at radius 1 is 1.03 bits per heavy atom. The summed E-state index contributed by atoms with van der Waals surface area (Å²) in [5.74, 6) is 0.322. The van der Waals surface area contributed by atoms with Gasteiger partial charge in [-0.05, 0) is 80.1 Å². The molecule has 192 valence electrons. The molecule has 1 aliphatic rings. The van der Waals surface area contributed by atoms with Gasteiger partial charge in [0.05, 0.1) is 0 Å². The van der Waals surface area contributed by atoms with Gasteiger partial charge >= 0.3 is 0 Å². The number of benzene rings is 3. The lowest BCUT2D eigenvalue weighted by Gasteiger charge is -2.10. The molecule has 5 nitrogen and oxygen atoms in total. The number of aryl methyl sites for hydroxylation is 4. The maximum absolute atomic E-state index is 14.2. The number of ketones is 1. The van der Waals surface area contributed by atoms with Gasteiger partial charge in [-0.2, -0.15) is 0 Å². The Hall–Kier alpha value is -3.90. The molecule has 0 radical (unpaired) electrons. The van der Waals surface area contributed by atoms with Crippen LogP contribution in [0.15, 0.2) is 66.7 Å². The molecule has 0 atom stereocenters. The van der Waals surface area contributed by atoms with Crippen LogP contribution in [0.3, 0.4) is 0 Å². The van der Waals surface area contributed by atoms with Crippen LogP contribution in [0.1, 0.15) is 51.4 Å². The first-order chi connectivity index (χ1) is 18.4. The van der Waals surface area contributed by atoms with E-state index in [2.05, 4.69) is 4.57 Å². The third-order valence-electron chi connectivity index (χ3n) is 7.37. The van der Waals surface area contributed by atoms with Gasteiger partial charge in [-0.1, -0.05) is 48.0 Å². The molecule has 1 aliphatic heterocycles. The summed E-state index contributed by atoms with van der Waals surface area (Å²) in [5.41, 5.74) is 7.13. The lowest BCUT2D eigenvalue weighted by Crippen LogP contribution is -2.09. The van der Waals surface area contributed by atoms with Crippen LogP contribution in [0.2, 0.25) is 5.02 Å². The smallest absolute Gasteiger partial charge is 0.212 e. The molecule has 6 rings (SSSR count). The predicted octanol–water partition coefficient (Wildman–Crippen LogP) is 7.36. The van der Waals surface area contributed by atoms with E-state index in [1.807, 2.05) is 56.3 Å². The summed E-state index contributed by atoms with van der Waals surface area (Å²) in [7, 11) is 0. The number of hydrogen-bond acceptors (Lipinski definition) is 3. The molecular formula is C31H27ClFN3O2. The number of halogens is 2. The first kappa shape index (κ1) is 24.4. The van der Waals surface area contributed by atoms with E-state index in [4.69, 9.17) is 21.4 Å². The molecule has 0 unspecified atom stereocenters. The second-order valence-electron chi connectivity index (χ2n) is 9.82. The van der Waals surface area contributed by atoms with Crippen molar-refractivity contribution < 1.29 is 13.9 Å². The molecule has 0 fully saturated rings. The Kier molecular flexibility index (Phi) is 6.28. The van der Waals surface area contributed by atoms with E-state index in [9.17, 15) is 9.18 Å². The highest BCUT2D eigenvalue weighted by Crippen LogP contribution is 2.38. The van der Waals surface area contributed by atoms with Gasteiger partial charge in [0.1, 0.15) is 17.9 Å². The molecule has 0 bridgehead atoms. The number of ether oxygens (including phenoxy) is 1. The number of rotatable bonds is 6. The fourth-order valence-electron chi connectivity index (χ4n) is 5.27. The summed E-state index contributed by atoms with van der Waals surface area (Å²) < 4.78 is 24.0. The highest BCUT2D eigenvalue weighted by Gasteiger charge is 2.31. The predicted molar refractivity (Wildman–Crippen MR) is 147 cm³/mol. The van der Waals surface area contributed by atoms with Crippen molar-refractivity contribution >= 4 is 23.0 Å². The number of carbonyl (C=O) groups is 1. The van der Waals surface area contributed by atoms with Crippen molar-refractivity contribution in [1.29, 1.82) is 0 Å². The van der Waals surface area contributed by atoms with E-state index in [0.717, 1.165) is 59.3 Å². The fraction of sp³-hybridized carbons (Fsp3) is 0.226. The number of hydrogen-bond donors (Lipinski definition) is 0. The first-order valence-corrected chi connectivity index (χ1v) is 13.2. The van der Waals surface area contributed by atoms with Crippen LogP contribution in [-0.4, -0.2) is 20.0 Å². The van der Waals surface area contributed by atoms with Gasteiger partial charge in [0.25, 0.3) is 0 Å². The van der Waals surface area contributed by atoms with Gasteiger partial charge in [0.2, 0.25) is 5.78 Å². The molecule has 38 heavy (non-hydrogen) atoms. The minimum atomic E-state index is -0.419. The maximum Gasteiger partial charge on any atom is 0.212 e. The van der Waals surface area contributed by atoms with E-state index in [-0.39, 0.29) is 18.1 Å². The lowest BCUT2D eigenvalue weighted by atomic mass is 9.94. The molecule has 0 amide bonds. The zero-order valence-electron chi connectivity index (χ0n) is 21.3. The second kappa shape index (κ2) is 9.76. The quantitative estimate of drug-likeness (QED) is 0.217. The highest BCUT2D eigenvalue weighted by atomic mass is 35.5. The minimum absolute atomic E-state index is 0.0916. The van der Waals surface area contributed by atoms with Crippen molar-refractivity contribution in [3.05, 3.63) is 111 Å². The summed E-state index contributed by atoms with van der Waals surface area (Å²) in [6.07, 6.45) is 2.77. The number of para-hydroxylation sites is 1. The summed E-state index contributed by atoms with van der Waals surface area (Å²) in [4.78, 5) is 14.2. The molecule has 0 N–H and O–H groups in total. The molecular weight excluding hydrogens is 501 g/mol. The van der Waals surface area contributed by atoms with Crippen LogP contribution in [0.25, 0.3) is 16.8 Å². The topological polar surface area (TPSA) is 48.5 Å². The van der Waals surface area contributed by atoms with E-state index < -0.39 is 5.82 Å². The maximum atomic E-state index is 14.2. The van der Waals surface area contributed by atoms with Gasteiger partial charge in [0, 0.05) is 28.3 Å². The molecule has 0 saturated heterocycles. The summed E-state index contributed by atoms with van der Waals surface area (Å²) in [5, 5.41) is 5.55. The van der Waals surface area contributed by atoms with Gasteiger partial charge in [-0.15, -0.1) is 5.10 Å². The number of aromatic nitrogens is 3. The van der Waals surface area contributed by atoms with Crippen LogP contribution in [0.5, 0.6) is 5.75 Å². The highest BCUT2D eigenvalue weighted by molar-refractivity contribution is 6.30. The van der Waals surface area contributed by atoms with Crippen molar-refractivity contribution in [3.63, 3.8) is 0 Å². The molecule has 2 aromatic heterocycles. The second-order valence-corrected chi connectivity index (χ2v) is 10.3. The number of nitrogens with zero attached hydrogens (tertiary/aromatic N) is 3. The van der Waals surface area contributed by atoms with Crippen molar-refractivity contribution in [2.24, 2.45) is 0 Å². The molecule has 0 spiro atoms. The standard InChI is InChI=1S/C31H27ClFN3O2/c1-19-10-11-22(17-20(19)2)30(37)29-28(21-12-14-23(32)15-13-21)24-7-5-6-16-35-27(34-36(29)31(24)35)18-38-26-9-4-3-8-25(26)33/h3-4,8-15,17H,5-7,16,18H2,1-2H3.